The third-order valence-corrected chi connectivity index (χ3v) is 2.65. The molecule has 7 nitrogen and oxygen atoms in total. The lowest BCUT2D eigenvalue weighted by Crippen LogP contribution is -2.30. The van der Waals surface area contributed by atoms with E-state index in [9.17, 15) is 5.11 Å². The summed E-state index contributed by atoms with van der Waals surface area (Å²) in [6.45, 7) is 3.08. The molecular formula is C9H16N6O. The van der Waals surface area contributed by atoms with Gasteiger partial charge in [-0.05, 0) is 13.3 Å². The van der Waals surface area contributed by atoms with E-state index in [1.165, 1.54) is 0 Å². The molecule has 1 unspecified atom stereocenters. The Morgan fingerprint density at radius 2 is 2.31 bits per heavy atom. The van der Waals surface area contributed by atoms with Crippen LogP contribution in [0.25, 0.3) is 0 Å². The van der Waals surface area contributed by atoms with Crippen molar-refractivity contribution >= 4 is 17.6 Å². The zero-order chi connectivity index (χ0) is 11.8. The van der Waals surface area contributed by atoms with Crippen molar-refractivity contribution in [1.82, 2.24) is 9.97 Å². The topological polar surface area (TPSA) is 113 Å². The summed E-state index contributed by atoms with van der Waals surface area (Å²) in [6.07, 6.45) is 0.711. The predicted molar refractivity (Wildman–Crippen MR) is 61.7 cm³/mol. The number of nitrogen functional groups attached to an aromatic ring is 2. The molecule has 1 aliphatic rings. The Labute approximate surface area is 93.4 Å². The lowest BCUT2D eigenvalue weighted by molar-refractivity contribution is 0.0839. The van der Waals surface area contributed by atoms with E-state index < -0.39 is 5.60 Å². The van der Waals surface area contributed by atoms with Crippen molar-refractivity contribution in [1.29, 1.82) is 0 Å². The molecule has 1 atom stereocenters. The number of nitrogens with one attached hydrogen (secondary N) is 1. The highest BCUT2D eigenvalue weighted by atomic mass is 16.3. The molecular weight excluding hydrogens is 208 g/mol. The van der Waals surface area contributed by atoms with Gasteiger partial charge >= 0.3 is 0 Å². The summed E-state index contributed by atoms with van der Waals surface area (Å²) in [7, 11) is 0. The molecule has 0 bridgehead atoms. The Kier molecular flexibility index (Phi) is 2.56. The molecule has 7 heteroatoms. The van der Waals surface area contributed by atoms with Crippen LogP contribution < -0.4 is 21.9 Å². The summed E-state index contributed by atoms with van der Waals surface area (Å²) < 4.78 is 0. The zero-order valence-electron chi connectivity index (χ0n) is 9.14. The normalized spacial score (nSPS) is 24.8. The number of anilines is 3. The number of hydrazine groups is 1. The number of hydrogen-bond acceptors (Lipinski definition) is 7. The van der Waals surface area contributed by atoms with Crippen molar-refractivity contribution in [3.63, 3.8) is 0 Å². The fourth-order valence-corrected chi connectivity index (χ4v) is 1.83. The Hall–Kier alpha value is -1.60. The summed E-state index contributed by atoms with van der Waals surface area (Å²) in [5.41, 5.74) is 7.32. The van der Waals surface area contributed by atoms with Crippen LogP contribution >= 0.6 is 0 Å². The molecule has 0 amide bonds. The molecule has 1 saturated heterocycles. The quantitative estimate of drug-likeness (QED) is 0.388. The summed E-state index contributed by atoms with van der Waals surface area (Å²) >= 11 is 0. The van der Waals surface area contributed by atoms with Crippen molar-refractivity contribution in [2.24, 2.45) is 5.84 Å². The Balaban J connectivity index is 2.24. The van der Waals surface area contributed by atoms with Crippen LogP contribution in [-0.4, -0.2) is 33.8 Å². The minimum absolute atomic E-state index is 0.164. The van der Waals surface area contributed by atoms with Gasteiger partial charge in [0.1, 0.15) is 11.6 Å². The van der Waals surface area contributed by atoms with Gasteiger partial charge in [-0.3, -0.25) is 0 Å². The van der Waals surface area contributed by atoms with E-state index in [1.807, 2.05) is 4.90 Å². The van der Waals surface area contributed by atoms with Crippen molar-refractivity contribution in [3.8, 4) is 0 Å². The van der Waals surface area contributed by atoms with Gasteiger partial charge in [0.15, 0.2) is 0 Å². The van der Waals surface area contributed by atoms with Gasteiger partial charge in [-0.1, -0.05) is 0 Å². The number of hydrogen-bond donors (Lipinski definition) is 4. The van der Waals surface area contributed by atoms with Crippen molar-refractivity contribution in [3.05, 3.63) is 6.07 Å². The van der Waals surface area contributed by atoms with Crippen LogP contribution in [0.1, 0.15) is 13.3 Å². The van der Waals surface area contributed by atoms with E-state index in [-0.39, 0.29) is 5.95 Å². The zero-order valence-corrected chi connectivity index (χ0v) is 9.14. The first-order valence-electron chi connectivity index (χ1n) is 5.09. The monoisotopic (exact) mass is 224 g/mol. The van der Waals surface area contributed by atoms with Crippen molar-refractivity contribution in [2.75, 3.05) is 29.1 Å². The molecule has 6 N–H and O–H groups in total. The molecule has 1 aromatic heterocycles. The van der Waals surface area contributed by atoms with Crippen LogP contribution in [0.2, 0.25) is 0 Å². The van der Waals surface area contributed by atoms with Crippen molar-refractivity contribution < 1.29 is 5.11 Å². The Morgan fingerprint density at radius 1 is 1.56 bits per heavy atom. The summed E-state index contributed by atoms with van der Waals surface area (Å²) in [5.74, 6) is 6.59. The molecule has 1 aromatic rings. The molecule has 0 aliphatic carbocycles. The summed E-state index contributed by atoms with van der Waals surface area (Å²) in [5, 5.41) is 9.87. The summed E-state index contributed by atoms with van der Waals surface area (Å²) in [6, 6.07) is 1.71. The molecule has 1 aliphatic heterocycles. The SMILES string of the molecule is CC1(O)CCN(c2cc(NN)nc(N)n2)C1. The summed E-state index contributed by atoms with van der Waals surface area (Å²) in [4.78, 5) is 9.97. The van der Waals surface area contributed by atoms with E-state index in [0.717, 1.165) is 6.54 Å². The second-order valence-corrected chi connectivity index (χ2v) is 4.28. The van der Waals surface area contributed by atoms with Gasteiger partial charge in [0, 0.05) is 19.2 Å². The third kappa shape index (κ3) is 2.15. The fraction of sp³-hybridized carbons (Fsp3) is 0.556. The van der Waals surface area contributed by atoms with Crippen LogP contribution in [0.5, 0.6) is 0 Å². The molecule has 2 rings (SSSR count). The highest BCUT2D eigenvalue weighted by Gasteiger charge is 2.32. The van der Waals surface area contributed by atoms with Crippen LogP contribution in [0.15, 0.2) is 6.07 Å². The fourth-order valence-electron chi connectivity index (χ4n) is 1.83. The van der Waals surface area contributed by atoms with Crippen LogP contribution in [0.3, 0.4) is 0 Å². The maximum atomic E-state index is 9.87. The smallest absolute Gasteiger partial charge is 0.223 e. The molecule has 16 heavy (non-hydrogen) atoms. The van der Waals surface area contributed by atoms with Crippen LogP contribution in [0, 0.1) is 0 Å². The van der Waals surface area contributed by atoms with Crippen LogP contribution in [0.4, 0.5) is 17.6 Å². The molecule has 0 radical (unpaired) electrons. The van der Waals surface area contributed by atoms with E-state index in [2.05, 4.69) is 15.4 Å². The number of nitrogens with two attached hydrogens (primary N) is 2. The second-order valence-electron chi connectivity index (χ2n) is 4.28. The standard InChI is InChI=1S/C9H16N6O/c1-9(16)2-3-15(5-9)7-4-6(14-11)12-8(10)13-7/h4,16H,2-3,5,11H2,1H3,(H3,10,12,13,14). The first-order valence-corrected chi connectivity index (χ1v) is 5.09. The van der Waals surface area contributed by atoms with Crippen molar-refractivity contribution in [2.45, 2.75) is 18.9 Å². The van der Waals surface area contributed by atoms with E-state index in [0.29, 0.717) is 24.6 Å². The second kappa shape index (κ2) is 3.76. The number of aliphatic hydroxyl groups is 1. The minimum atomic E-state index is -0.671. The Morgan fingerprint density at radius 3 is 2.88 bits per heavy atom. The van der Waals surface area contributed by atoms with Gasteiger partial charge < -0.3 is 21.2 Å². The van der Waals surface area contributed by atoms with Gasteiger partial charge in [-0.15, -0.1) is 0 Å². The number of nitrogens with zero attached hydrogens (tertiary/aromatic N) is 3. The average Bonchev–Trinajstić information content (AvgIpc) is 2.58. The third-order valence-electron chi connectivity index (χ3n) is 2.65. The molecule has 0 aromatic carbocycles. The molecule has 0 saturated carbocycles. The molecule has 88 valence electrons. The number of aromatic nitrogens is 2. The van der Waals surface area contributed by atoms with Crippen LogP contribution in [-0.2, 0) is 0 Å². The maximum absolute atomic E-state index is 9.87. The van der Waals surface area contributed by atoms with Gasteiger partial charge in [-0.2, -0.15) is 9.97 Å². The van der Waals surface area contributed by atoms with Gasteiger partial charge in [0.2, 0.25) is 5.95 Å². The highest BCUT2D eigenvalue weighted by Crippen LogP contribution is 2.26. The minimum Gasteiger partial charge on any atom is -0.388 e. The molecule has 2 heterocycles. The van der Waals surface area contributed by atoms with Gasteiger partial charge in [-0.25, -0.2) is 5.84 Å². The number of β-amino-alcohol motifs (C(OH)–C–C–N with tert-alkyl or cyclic N) is 1. The molecule has 0 spiro atoms. The van der Waals surface area contributed by atoms with Gasteiger partial charge in [0.25, 0.3) is 0 Å². The highest BCUT2D eigenvalue weighted by molar-refractivity contribution is 5.52. The predicted octanol–water partition coefficient (Wildman–Crippen LogP) is -0.694. The molecule has 1 fully saturated rings. The largest absolute Gasteiger partial charge is 0.388 e. The lowest BCUT2D eigenvalue weighted by atomic mass is 10.1. The van der Waals surface area contributed by atoms with E-state index >= 15 is 0 Å². The Bertz CT molecular complexity index is 394. The lowest BCUT2D eigenvalue weighted by Gasteiger charge is -2.20. The van der Waals surface area contributed by atoms with E-state index in [1.54, 1.807) is 13.0 Å². The first-order chi connectivity index (χ1) is 7.50. The number of rotatable bonds is 2. The van der Waals surface area contributed by atoms with Gasteiger partial charge in [0.05, 0.1) is 5.60 Å². The first kappa shape index (κ1) is 10.9. The maximum Gasteiger partial charge on any atom is 0.223 e. The van der Waals surface area contributed by atoms with E-state index in [4.69, 9.17) is 11.6 Å². The average molecular weight is 224 g/mol.